The van der Waals surface area contributed by atoms with Gasteiger partial charge in [-0.15, -0.1) is 11.3 Å². The molecule has 1 atom stereocenters. The number of hydrogen-bond donors (Lipinski definition) is 2. The first-order chi connectivity index (χ1) is 9.22. The zero-order valence-corrected chi connectivity index (χ0v) is 11.6. The van der Waals surface area contributed by atoms with Crippen molar-refractivity contribution in [2.45, 2.75) is 38.6 Å². The molecule has 1 fully saturated rings. The van der Waals surface area contributed by atoms with Gasteiger partial charge in [0.05, 0.1) is 12.5 Å². The first-order valence-corrected chi connectivity index (χ1v) is 7.69. The summed E-state index contributed by atoms with van der Waals surface area (Å²) in [6.45, 7) is 1.10. The van der Waals surface area contributed by atoms with E-state index in [2.05, 4.69) is 16.7 Å². The van der Waals surface area contributed by atoms with Crippen LogP contribution in [0.15, 0.2) is 6.07 Å². The van der Waals surface area contributed by atoms with E-state index < -0.39 is 0 Å². The van der Waals surface area contributed by atoms with E-state index in [0.29, 0.717) is 25.9 Å². The Labute approximate surface area is 116 Å². The lowest BCUT2D eigenvalue weighted by Crippen LogP contribution is -2.42. The number of hydrogen-bond acceptors (Lipinski definition) is 3. The molecule has 1 aromatic heterocycles. The van der Waals surface area contributed by atoms with Crippen molar-refractivity contribution in [3.8, 4) is 0 Å². The number of rotatable bonds is 3. The predicted octanol–water partition coefficient (Wildman–Crippen LogP) is 1.38. The molecule has 19 heavy (non-hydrogen) atoms. The fraction of sp³-hybridized carbons (Fsp3) is 0.571. The number of aryl methyl sites for hydroxylation is 2. The van der Waals surface area contributed by atoms with Crippen molar-refractivity contribution in [1.29, 1.82) is 0 Å². The molecule has 1 aliphatic heterocycles. The molecule has 0 spiro atoms. The summed E-state index contributed by atoms with van der Waals surface area (Å²) in [5.41, 5.74) is 1.47. The van der Waals surface area contributed by atoms with Crippen molar-refractivity contribution in [1.82, 2.24) is 10.6 Å². The fourth-order valence-electron chi connectivity index (χ4n) is 2.75. The molecule has 1 unspecified atom stereocenters. The summed E-state index contributed by atoms with van der Waals surface area (Å²) in [5, 5.41) is 5.74. The molecule has 0 radical (unpaired) electrons. The summed E-state index contributed by atoms with van der Waals surface area (Å²) in [4.78, 5) is 25.8. The van der Waals surface area contributed by atoms with Crippen LogP contribution in [0.2, 0.25) is 0 Å². The Morgan fingerprint density at radius 1 is 1.42 bits per heavy atom. The minimum absolute atomic E-state index is 0.0544. The van der Waals surface area contributed by atoms with E-state index in [0.717, 1.165) is 0 Å². The van der Waals surface area contributed by atoms with Gasteiger partial charge in [-0.1, -0.05) is 0 Å². The molecule has 2 aliphatic rings. The van der Waals surface area contributed by atoms with Gasteiger partial charge < -0.3 is 10.6 Å². The molecule has 1 aliphatic carbocycles. The van der Waals surface area contributed by atoms with Crippen LogP contribution in [0.5, 0.6) is 0 Å². The molecule has 2 heterocycles. The maximum Gasteiger partial charge on any atom is 0.225 e. The highest BCUT2D eigenvalue weighted by Gasteiger charge is 2.24. The van der Waals surface area contributed by atoms with Crippen molar-refractivity contribution in [2.24, 2.45) is 5.92 Å². The number of piperidine rings is 1. The largest absolute Gasteiger partial charge is 0.355 e. The third kappa shape index (κ3) is 2.81. The van der Waals surface area contributed by atoms with Gasteiger partial charge in [0, 0.05) is 22.7 Å². The second-order valence-electron chi connectivity index (χ2n) is 5.27. The molecule has 2 amide bonds. The average molecular weight is 278 g/mol. The van der Waals surface area contributed by atoms with E-state index >= 15 is 0 Å². The van der Waals surface area contributed by atoms with Gasteiger partial charge in [-0.05, 0) is 37.3 Å². The molecule has 3 rings (SSSR count). The average Bonchev–Trinajstić information content (AvgIpc) is 2.97. The van der Waals surface area contributed by atoms with Gasteiger partial charge in [-0.25, -0.2) is 0 Å². The molecule has 0 saturated carbocycles. The molecule has 2 N–H and O–H groups in total. The quantitative estimate of drug-likeness (QED) is 0.877. The topological polar surface area (TPSA) is 58.2 Å². The van der Waals surface area contributed by atoms with Crippen LogP contribution in [0.1, 0.15) is 34.6 Å². The number of carbonyl (C=O) groups excluding carboxylic acids is 2. The Balaban J connectivity index is 1.51. The Bertz CT molecular complexity index is 478. The van der Waals surface area contributed by atoms with Crippen LogP contribution in [0.25, 0.3) is 0 Å². The van der Waals surface area contributed by atoms with Gasteiger partial charge in [0.25, 0.3) is 0 Å². The molecule has 0 aromatic carbocycles. The first-order valence-electron chi connectivity index (χ1n) is 6.87. The van der Waals surface area contributed by atoms with Gasteiger partial charge in [-0.2, -0.15) is 0 Å². The predicted molar refractivity (Wildman–Crippen MR) is 73.9 cm³/mol. The Kier molecular flexibility index (Phi) is 3.55. The highest BCUT2D eigenvalue weighted by atomic mass is 32.1. The second kappa shape index (κ2) is 5.33. The summed E-state index contributed by atoms with van der Waals surface area (Å²) < 4.78 is 0. The zero-order chi connectivity index (χ0) is 13.2. The lowest BCUT2D eigenvalue weighted by atomic mass is 9.98. The molecule has 5 heteroatoms. The number of thiophene rings is 1. The number of carbonyl (C=O) groups is 2. The highest BCUT2D eigenvalue weighted by Crippen LogP contribution is 2.30. The first kappa shape index (κ1) is 12.7. The van der Waals surface area contributed by atoms with Crippen molar-refractivity contribution >= 4 is 23.2 Å². The van der Waals surface area contributed by atoms with Crippen molar-refractivity contribution in [3.63, 3.8) is 0 Å². The van der Waals surface area contributed by atoms with Gasteiger partial charge >= 0.3 is 0 Å². The van der Waals surface area contributed by atoms with E-state index in [1.165, 1.54) is 34.6 Å². The van der Waals surface area contributed by atoms with Gasteiger partial charge in [0.15, 0.2) is 0 Å². The normalized spacial score (nSPS) is 21.9. The molecule has 0 bridgehead atoms. The molecule has 102 valence electrons. The summed E-state index contributed by atoms with van der Waals surface area (Å²) in [5.74, 6) is 0.0526. The van der Waals surface area contributed by atoms with Crippen LogP contribution >= 0.6 is 11.3 Å². The molecule has 1 aromatic rings. The molecular weight excluding hydrogens is 260 g/mol. The van der Waals surface area contributed by atoms with Crippen LogP contribution < -0.4 is 10.6 Å². The van der Waals surface area contributed by atoms with E-state index in [-0.39, 0.29) is 17.7 Å². The third-order valence-electron chi connectivity index (χ3n) is 3.87. The fourth-order valence-corrected chi connectivity index (χ4v) is 3.95. The monoisotopic (exact) mass is 278 g/mol. The van der Waals surface area contributed by atoms with E-state index in [4.69, 9.17) is 0 Å². The smallest absolute Gasteiger partial charge is 0.225 e. The Morgan fingerprint density at radius 3 is 3.05 bits per heavy atom. The van der Waals surface area contributed by atoms with Crippen LogP contribution in [0, 0.1) is 5.92 Å². The van der Waals surface area contributed by atoms with Crippen molar-refractivity contribution < 1.29 is 9.59 Å². The lowest BCUT2D eigenvalue weighted by molar-refractivity contribution is -0.129. The molecular formula is C14H18N2O2S. The third-order valence-corrected chi connectivity index (χ3v) is 5.11. The maximum atomic E-state index is 12.0. The van der Waals surface area contributed by atoms with Crippen LogP contribution in [0.3, 0.4) is 0 Å². The minimum Gasteiger partial charge on any atom is -0.355 e. The highest BCUT2D eigenvalue weighted by molar-refractivity contribution is 7.12. The van der Waals surface area contributed by atoms with Crippen molar-refractivity contribution in [3.05, 3.63) is 21.4 Å². The Morgan fingerprint density at radius 2 is 2.32 bits per heavy atom. The zero-order valence-electron chi connectivity index (χ0n) is 10.8. The minimum atomic E-state index is -0.0653. The van der Waals surface area contributed by atoms with Gasteiger partial charge in [-0.3, -0.25) is 9.59 Å². The van der Waals surface area contributed by atoms with Crippen molar-refractivity contribution in [2.75, 3.05) is 6.54 Å². The standard InChI is InChI=1S/C14H18N2O2S/c17-13-5-4-10(7-15-13)14(18)16-8-11-6-9-2-1-3-12(9)19-11/h6,10H,1-5,7-8H2,(H,15,17)(H,16,18). The van der Waals surface area contributed by atoms with Gasteiger partial charge in [0.1, 0.15) is 0 Å². The summed E-state index contributed by atoms with van der Waals surface area (Å²) in [6.07, 6.45) is 4.79. The number of nitrogens with one attached hydrogen (secondary N) is 2. The van der Waals surface area contributed by atoms with Crippen LogP contribution in [-0.4, -0.2) is 18.4 Å². The van der Waals surface area contributed by atoms with Crippen LogP contribution in [-0.2, 0) is 29.0 Å². The van der Waals surface area contributed by atoms with E-state index in [1.807, 2.05) is 11.3 Å². The molecule has 4 nitrogen and oxygen atoms in total. The lowest BCUT2D eigenvalue weighted by Gasteiger charge is -2.21. The van der Waals surface area contributed by atoms with E-state index in [1.54, 1.807) is 0 Å². The summed E-state index contributed by atoms with van der Waals surface area (Å²) >= 11 is 1.83. The molecule has 1 saturated heterocycles. The van der Waals surface area contributed by atoms with Gasteiger partial charge in [0.2, 0.25) is 11.8 Å². The van der Waals surface area contributed by atoms with Crippen LogP contribution in [0.4, 0.5) is 0 Å². The number of fused-ring (bicyclic) bond motifs is 1. The number of amides is 2. The van der Waals surface area contributed by atoms with E-state index in [9.17, 15) is 9.59 Å². The SMILES string of the molecule is O=C1CCC(C(=O)NCc2cc3c(s2)CCC3)CN1. The second-order valence-corrected chi connectivity index (χ2v) is 6.49. The summed E-state index contributed by atoms with van der Waals surface area (Å²) in [6, 6.07) is 2.23. The maximum absolute atomic E-state index is 12.0. The summed E-state index contributed by atoms with van der Waals surface area (Å²) in [7, 11) is 0. The Hall–Kier alpha value is -1.36.